The number of hydrogen-bond donors (Lipinski definition) is 0. The molecule has 1 atom stereocenters. The highest BCUT2D eigenvalue weighted by molar-refractivity contribution is 7.89. The van der Waals surface area contributed by atoms with Crippen molar-refractivity contribution in [2.45, 2.75) is 37.6 Å². The Morgan fingerprint density at radius 1 is 1.00 bits per heavy atom. The fourth-order valence-electron chi connectivity index (χ4n) is 3.14. The molecule has 3 nitrogen and oxygen atoms in total. The van der Waals surface area contributed by atoms with E-state index in [1.165, 1.54) is 0 Å². The lowest BCUT2D eigenvalue weighted by Gasteiger charge is -2.25. The second-order valence-electron chi connectivity index (χ2n) is 5.94. The molecule has 0 bridgehead atoms. The zero-order valence-corrected chi connectivity index (χ0v) is 13.8. The van der Waals surface area contributed by atoms with Gasteiger partial charge in [-0.25, -0.2) is 8.42 Å². The zero-order chi connectivity index (χ0) is 15.7. The highest BCUT2D eigenvalue weighted by atomic mass is 32.2. The molecule has 2 aromatic carbocycles. The second-order valence-corrected chi connectivity index (χ2v) is 7.83. The molecule has 1 fully saturated rings. The van der Waals surface area contributed by atoms with Crippen molar-refractivity contribution in [2.24, 2.45) is 0 Å². The third kappa shape index (κ3) is 2.69. The molecule has 0 spiro atoms. The Bertz CT molecular complexity index is 766. The lowest BCUT2D eigenvalue weighted by molar-refractivity contribution is 0.395. The van der Waals surface area contributed by atoms with Gasteiger partial charge in [-0.05, 0) is 49.9 Å². The summed E-state index contributed by atoms with van der Waals surface area (Å²) in [6.45, 7) is 4.60. The molecule has 4 heteroatoms. The maximum atomic E-state index is 13.0. The van der Waals surface area contributed by atoms with Crippen LogP contribution < -0.4 is 0 Å². The molecule has 0 amide bonds. The first-order valence-corrected chi connectivity index (χ1v) is 9.08. The highest BCUT2D eigenvalue weighted by Crippen LogP contribution is 2.37. The maximum absolute atomic E-state index is 13.0. The van der Waals surface area contributed by atoms with Gasteiger partial charge < -0.3 is 0 Å². The summed E-state index contributed by atoms with van der Waals surface area (Å²) in [6, 6.07) is 15.1. The summed E-state index contributed by atoms with van der Waals surface area (Å²) in [4.78, 5) is 0.388. The predicted molar refractivity (Wildman–Crippen MR) is 88.2 cm³/mol. The van der Waals surface area contributed by atoms with E-state index in [1.54, 1.807) is 16.4 Å². The molecule has 1 heterocycles. The lowest BCUT2D eigenvalue weighted by Crippen LogP contribution is -2.31. The van der Waals surface area contributed by atoms with Gasteiger partial charge >= 0.3 is 0 Å². The molecule has 116 valence electrons. The van der Waals surface area contributed by atoms with Gasteiger partial charge in [0.15, 0.2) is 0 Å². The van der Waals surface area contributed by atoms with Crippen molar-refractivity contribution in [1.29, 1.82) is 0 Å². The van der Waals surface area contributed by atoms with Crippen molar-refractivity contribution in [3.63, 3.8) is 0 Å². The minimum Gasteiger partial charge on any atom is -0.207 e. The zero-order valence-electron chi connectivity index (χ0n) is 13.0. The maximum Gasteiger partial charge on any atom is 0.243 e. The van der Waals surface area contributed by atoms with Gasteiger partial charge in [-0.3, -0.25) is 0 Å². The number of nitrogens with zero attached hydrogens (tertiary/aromatic N) is 1. The first-order chi connectivity index (χ1) is 10.5. The highest BCUT2D eigenvalue weighted by Gasteiger charge is 2.36. The molecule has 0 saturated carbocycles. The number of aryl methyl sites for hydroxylation is 2. The summed E-state index contributed by atoms with van der Waals surface area (Å²) in [5, 5.41) is 0. The van der Waals surface area contributed by atoms with Crippen LogP contribution in [0.5, 0.6) is 0 Å². The van der Waals surface area contributed by atoms with E-state index in [4.69, 9.17) is 0 Å². The smallest absolute Gasteiger partial charge is 0.207 e. The quantitative estimate of drug-likeness (QED) is 0.863. The van der Waals surface area contributed by atoms with Crippen LogP contribution in [0, 0.1) is 13.8 Å². The topological polar surface area (TPSA) is 37.4 Å². The van der Waals surface area contributed by atoms with Crippen LogP contribution in [0.15, 0.2) is 53.4 Å². The molecule has 22 heavy (non-hydrogen) atoms. The Hall–Kier alpha value is -1.65. The van der Waals surface area contributed by atoms with Gasteiger partial charge in [0.2, 0.25) is 10.0 Å². The molecular weight excluding hydrogens is 294 g/mol. The summed E-state index contributed by atoms with van der Waals surface area (Å²) < 4.78 is 27.6. The SMILES string of the molecule is Cc1ccc(S(=O)(=O)N2CCC[C@@H]2c2ccccc2C)cc1. The van der Waals surface area contributed by atoms with Crippen LogP contribution in [-0.2, 0) is 10.0 Å². The second kappa shape index (κ2) is 5.86. The summed E-state index contributed by atoms with van der Waals surface area (Å²) in [7, 11) is -3.44. The van der Waals surface area contributed by atoms with E-state index in [9.17, 15) is 8.42 Å². The van der Waals surface area contributed by atoms with Crippen molar-refractivity contribution >= 4 is 10.0 Å². The minimum absolute atomic E-state index is 0.0486. The molecular formula is C18H21NO2S. The minimum atomic E-state index is -3.44. The van der Waals surface area contributed by atoms with E-state index in [-0.39, 0.29) is 6.04 Å². The van der Waals surface area contributed by atoms with Crippen molar-refractivity contribution in [1.82, 2.24) is 4.31 Å². The predicted octanol–water partition coefficient (Wildman–Crippen LogP) is 3.83. The van der Waals surface area contributed by atoms with Gasteiger partial charge in [0.25, 0.3) is 0 Å². The van der Waals surface area contributed by atoms with E-state index >= 15 is 0 Å². The number of hydrogen-bond acceptors (Lipinski definition) is 2. The van der Waals surface area contributed by atoms with Gasteiger partial charge in [-0.15, -0.1) is 0 Å². The first kappa shape index (κ1) is 15.3. The van der Waals surface area contributed by atoms with Crippen LogP contribution in [0.2, 0.25) is 0 Å². The summed E-state index contributed by atoms with van der Waals surface area (Å²) in [5.41, 5.74) is 3.34. The Labute approximate surface area is 132 Å². The van der Waals surface area contributed by atoms with E-state index in [0.717, 1.165) is 29.5 Å². The molecule has 2 aromatic rings. The van der Waals surface area contributed by atoms with Gasteiger partial charge in [-0.2, -0.15) is 4.31 Å². The van der Waals surface area contributed by atoms with Crippen LogP contribution in [0.4, 0.5) is 0 Å². The molecule has 1 saturated heterocycles. The number of benzene rings is 2. The van der Waals surface area contributed by atoms with Crippen molar-refractivity contribution < 1.29 is 8.42 Å². The van der Waals surface area contributed by atoms with E-state index < -0.39 is 10.0 Å². The van der Waals surface area contributed by atoms with Crippen LogP contribution in [0.1, 0.15) is 35.6 Å². The number of rotatable bonds is 3. The largest absolute Gasteiger partial charge is 0.243 e. The van der Waals surface area contributed by atoms with E-state index in [2.05, 4.69) is 0 Å². The molecule has 0 aromatic heterocycles. The summed E-state index contributed by atoms with van der Waals surface area (Å²) in [5.74, 6) is 0. The molecule has 0 aliphatic carbocycles. The number of sulfonamides is 1. The van der Waals surface area contributed by atoms with Crippen LogP contribution >= 0.6 is 0 Å². The Morgan fingerprint density at radius 2 is 1.68 bits per heavy atom. The monoisotopic (exact) mass is 315 g/mol. The molecule has 0 N–H and O–H groups in total. The van der Waals surface area contributed by atoms with Crippen LogP contribution in [0.3, 0.4) is 0 Å². The average molecular weight is 315 g/mol. The molecule has 3 rings (SSSR count). The van der Waals surface area contributed by atoms with E-state index in [0.29, 0.717) is 11.4 Å². The van der Waals surface area contributed by atoms with Gasteiger partial charge in [0.1, 0.15) is 0 Å². The standard InChI is InChI=1S/C18H21NO2S/c1-14-9-11-16(12-10-14)22(20,21)19-13-5-8-18(19)17-7-4-3-6-15(17)2/h3-4,6-7,9-12,18H,5,8,13H2,1-2H3/t18-/m1/s1. The van der Waals surface area contributed by atoms with Crippen LogP contribution in [0.25, 0.3) is 0 Å². The summed E-state index contributed by atoms with van der Waals surface area (Å²) >= 11 is 0. The Balaban J connectivity index is 1.99. The first-order valence-electron chi connectivity index (χ1n) is 7.64. The van der Waals surface area contributed by atoms with Gasteiger partial charge in [0.05, 0.1) is 10.9 Å². The third-order valence-corrected chi connectivity index (χ3v) is 6.30. The average Bonchev–Trinajstić information content (AvgIpc) is 2.98. The van der Waals surface area contributed by atoms with Crippen LogP contribution in [-0.4, -0.2) is 19.3 Å². The fourth-order valence-corrected chi connectivity index (χ4v) is 4.82. The van der Waals surface area contributed by atoms with Gasteiger partial charge in [0, 0.05) is 6.54 Å². The van der Waals surface area contributed by atoms with Crippen molar-refractivity contribution in [3.8, 4) is 0 Å². The third-order valence-electron chi connectivity index (χ3n) is 4.38. The van der Waals surface area contributed by atoms with E-state index in [1.807, 2.05) is 50.2 Å². The Morgan fingerprint density at radius 3 is 2.36 bits per heavy atom. The molecule has 0 unspecified atom stereocenters. The molecule has 1 aliphatic heterocycles. The Kier molecular flexibility index (Phi) is 4.06. The molecule has 0 radical (unpaired) electrons. The lowest BCUT2D eigenvalue weighted by atomic mass is 10.0. The normalized spacial score (nSPS) is 19.5. The van der Waals surface area contributed by atoms with Crippen molar-refractivity contribution in [2.75, 3.05) is 6.54 Å². The molecule has 1 aliphatic rings. The fraction of sp³-hybridized carbons (Fsp3) is 0.333. The van der Waals surface area contributed by atoms with Crippen molar-refractivity contribution in [3.05, 3.63) is 65.2 Å². The summed E-state index contributed by atoms with van der Waals surface area (Å²) in [6.07, 6.45) is 1.79. The van der Waals surface area contributed by atoms with Gasteiger partial charge in [-0.1, -0.05) is 42.0 Å².